The molecule has 3 aromatic rings. The number of benzene rings is 3. The number of hydrogen-bond donors (Lipinski definition) is 4. The van der Waals surface area contributed by atoms with Gasteiger partial charge in [0.2, 0.25) is 23.6 Å². The number of ether oxygens (including phenoxy) is 4. The van der Waals surface area contributed by atoms with Gasteiger partial charge in [-0.2, -0.15) is 0 Å². The van der Waals surface area contributed by atoms with Gasteiger partial charge in [0.15, 0.2) is 0 Å². The Labute approximate surface area is 372 Å². The van der Waals surface area contributed by atoms with Gasteiger partial charge in [-0.05, 0) is 112 Å². The predicted octanol–water partition coefficient (Wildman–Crippen LogP) is 5.29. The quantitative estimate of drug-likeness (QED) is 0.155. The molecule has 0 aliphatic carbocycles. The fourth-order valence-corrected chi connectivity index (χ4v) is 8.83. The van der Waals surface area contributed by atoms with E-state index in [4.69, 9.17) is 18.9 Å². The van der Waals surface area contributed by atoms with Gasteiger partial charge in [0.05, 0.1) is 38.5 Å². The van der Waals surface area contributed by atoms with Gasteiger partial charge in [-0.15, -0.1) is 0 Å². The molecule has 3 saturated heterocycles. The highest BCUT2D eigenvalue weighted by Crippen LogP contribution is 2.47. The van der Waals surface area contributed by atoms with Crippen LogP contribution in [0.5, 0.6) is 0 Å². The lowest BCUT2D eigenvalue weighted by atomic mass is 10.0. The molecule has 3 aliphatic heterocycles. The number of nitrogens with zero attached hydrogens (tertiary/aromatic N) is 3. The first-order valence-corrected chi connectivity index (χ1v) is 21.5. The lowest BCUT2D eigenvalue weighted by molar-refractivity contribution is -0.141. The molecule has 3 aliphatic rings. The Bertz CT molecular complexity index is 2000. The second kappa shape index (κ2) is 21.4. The molecular weight excluding hydrogens is 830 g/mol. The Morgan fingerprint density at radius 2 is 0.969 bits per heavy atom. The number of carbonyl (C=O) groups excluding carboxylic acids is 6. The molecular formula is C46H58FN7O10. The van der Waals surface area contributed by atoms with Crippen molar-refractivity contribution in [1.29, 1.82) is 0 Å². The Hall–Kier alpha value is -6.27. The van der Waals surface area contributed by atoms with Crippen LogP contribution in [0.1, 0.15) is 75.6 Å². The van der Waals surface area contributed by atoms with Gasteiger partial charge in [0.1, 0.15) is 30.0 Å². The van der Waals surface area contributed by atoms with Crippen molar-refractivity contribution in [2.75, 3.05) is 57.1 Å². The number of carbonyl (C=O) groups is 6. The molecule has 6 amide bonds. The van der Waals surface area contributed by atoms with Gasteiger partial charge in [0.25, 0.3) is 0 Å². The molecule has 3 fully saturated rings. The van der Waals surface area contributed by atoms with Crippen LogP contribution >= 0.6 is 0 Å². The van der Waals surface area contributed by atoms with Crippen molar-refractivity contribution in [3.63, 3.8) is 0 Å². The Morgan fingerprint density at radius 3 is 1.33 bits per heavy atom. The van der Waals surface area contributed by atoms with Crippen molar-refractivity contribution in [2.45, 2.75) is 101 Å². The van der Waals surface area contributed by atoms with Crippen LogP contribution in [-0.2, 0) is 38.1 Å². The molecule has 344 valence electrons. The summed E-state index contributed by atoms with van der Waals surface area (Å²) in [5.41, 5.74) is 3.89. The maximum absolute atomic E-state index is 14.2. The van der Waals surface area contributed by atoms with Crippen molar-refractivity contribution in [3.8, 4) is 0 Å². The summed E-state index contributed by atoms with van der Waals surface area (Å²) in [5, 5.41) is 11.0. The second-order valence-electron chi connectivity index (χ2n) is 16.2. The van der Waals surface area contributed by atoms with Gasteiger partial charge in [0, 0.05) is 44.4 Å². The summed E-state index contributed by atoms with van der Waals surface area (Å²) < 4.78 is 34.3. The number of halogens is 1. The van der Waals surface area contributed by atoms with E-state index in [-0.39, 0.29) is 29.7 Å². The lowest BCUT2D eigenvalue weighted by Gasteiger charge is -2.33. The summed E-state index contributed by atoms with van der Waals surface area (Å²) in [6.07, 6.45) is 0.785. The molecule has 0 bridgehead atoms. The summed E-state index contributed by atoms with van der Waals surface area (Å²) in [4.78, 5) is 83.7. The molecule has 0 saturated carbocycles. The van der Waals surface area contributed by atoms with Crippen LogP contribution in [0.2, 0.25) is 0 Å². The van der Waals surface area contributed by atoms with E-state index >= 15 is 0 Å². The number of amides is 6. The number of anilines is 3. The molecule has 17 nitrogen and oxygen atoms in total. The Morgan fingerprint density at radius 1 is 0.578 bits per heavy atom. The third-order valence-corrected chi connectivity index (χ3v) is 12.4. The number of methoxy groups -OCH3 is 4. The fourth-order valence-electron chi connectivity index (χ4n) is 8.83. The van der Waals surface area contributed by atoms with E-state index < -0.39 is 60.4 Å². The number of hydrogen-bond acceptors (Lipinski definition) is 11. The average molecular weight is 888 g/mol. The topological polar surface area (TPSA) is 197 Å². The Balaban J connectivity index is 1.14. The van der Waals surface area contributed by atoms with E-state index in [0.717, 1.165) is 29.7 Å². The minimum atomic E-state index is -1.04. The molecule has 0 unspecified atom stereocenters. The lowest BCUT2D eigenvalue weighted by Crippen LogP contribution is -2.56. The molecule has 0 aromatic heterocycles. The number of nitrogens with one attached hydrogen (secondary N) is 4. The van der Waals surface area contributed by atoms with Crippen LogP contribution in [0.15, 0.2) is 72.8 Å². The monoisotopic (exact) mass is 887 g/mol. The van der Waals surface area contributed by atoms with Crippen molar-refractivity contribution < 1.29 is 52.1 Å². The van der Waals surface area contributed by atoms with Crippen LogP contribution in [0.4, 0.5) is 31.0 Å². The number of likely N-dealkylation sites (tertiary alicyclic amines) is 2. The predicted molar refractivity (Wildman–Crippen MR) is 235 cm³/mol. The second-order valence-corrected chi connectivity index (χ2v) is 16.2. The fraction of sp³-hybridized carbons (Fsp3) is 0.478. The average Bonchev–Trinajstić information content (AvgIpc) is 4.11. The smallest absolute Gasteiger partial charge is 0.407 e. The standard InChI is InChI=1S/C46H58FN7O10/c1-27(61-3)39(50-45(59)63-5)43(57)52-25-7-9-37(52)41(55)48-32-17-11-29(12-18-32)35-23-24-36(54(35)34-21-15-31(47)16-22-34)30-13-19-33(20-14-30)49-42(56)38-10-8-26-53(38)44(58)40(28(2)62-4)51-46(60)64-6/h11-22,27-28,35-40H,7-10,23-26H2,1-6H3,(H,48,55)(H,49,56)(H,50,59)(H,51,60)/t27-,28-,35+,36+,37+,38+,39+,40+/m1/s1. The first-order chi connectivity index (χ1) is 30.8. The molecule has 8 atom stereocenters. The van der Waals surface area contributed by atoms with Gasteiger partial charge in [-0.25, -0.2) is 14.0 Å². The molecule has 3 aromatic carbocycles. The zero-order chi connectivity index (χ0) is 46.1. The van der Waals surface area contributed by atoms with E-state index in [1.54, 1.807) is 26.0 Å². The summed E-state index contributed by atoms with van der Waals surface area (Å²) in [6, 6.07) is 17.7. The molecule has 64 heavy (non-hydrogen) atoms. The van der Waals surface area contributed by atoms with Crippen molar-refractivity contribution in [2.24, 2.45) is 0 Å². The van der Waals surface area contributed by atoms with Gasteiger partial charge in [-0.1, -0.05) is 24.3 Å². The third kappa shape index (κ3) is 10.7. The first-order valence-electron chi connectivity index (χ1n) is 21.5. The first kappa shape index (κ1) is 47.2. The SMILES string of the molecule is COC(=O)N[C@H](C(=O)N1CCC[C@H]1C(=O)Nc1ccc([C@@H]2CC[C@@H](c3ccc(NC(=O)[C@@H]4CCCN4C(=O)[C@@H](NC(=O)OC)[C@@H](C)OC)cc3)N2c2ccc(F)cc2)cc1)[C@@H](C)OC. The van der Waals surface area contributed by atoms with E-state index in [1.165, 1.54) is 50.4 Å². The van der Waals surface area contributed by atoms with E-state index in [1.807, 2.05) is 48.5 Å². The minimum absolute atomic E-state index is 0.103. The van der Waals surface area contributed by atoms with E-state index in [9.17, 15) is 33.2 Å². The highest BCUT2D eigenvalue weighted by molar-refractivity contribution is 6.00. The summed E-state index contributed by atoms with van der Waals surface area (Å²) in [7, 11) is 5.27. The van der Waals surface area contributed by atoms with Crippen LogP contribution in [-0.4, -0.2) is 124 Å². The van der Waals surface area contributed by atoms with Crippen molar-refractivity contribution in [1.82, 2.24) is 20.4 Å². The van der Waals surface area contributed by atoms with Gasteiger partial charge < -0.3 is 54.9 Å². The summed E-state index contributed by atoms with van der Waals surface area (Å²) in [6.45, 7) is 4.00. The summed E-state index contributed by atoms with van der Waals surface area (Å²) in [5.74, 6) is -1.92. The van der Waals surface area contributed by atoms with E-state index in [0.29, 0.717) is 50.1 Å². The highest BCUT2D eigenvalue weighted by Gasteiger charge is 2.42. The van der Waals surface area contributed by atoms with Gasteiger partial charge in [-0.3, -0.25) is 19.2 Å². The molecule has 0 spiro atoms. The van der Waals surface area contributed by atoms with Gasteiger partial charge >= 0.3 is 12.2 Å². The molecule has 3 heterocycles. The van der Waals surface area contributed by atoms with Crippen LogP contribution in [0.3, 0.4) is 0 Å². The zero-order valence-electron chi connectivity index (χ0n) is 37.0. The molecule has 0 radical (unpaired) electrons. The largest absolute Gasteiger partial charge is 0.453 e. The van der Waals surface area contributed by atoms with Crippen LogP contribution in [0.25, 0.3) is 0 Å². The normalized spacial score (nSPS) is 21.3. The zero-order valence-corrected chi connectivity index (χ0v) is 37.0. The van der Waals surface area contributed by atoms with Crippen molar-refractivity contribution in [3.05, 3.63) is 89.7 Å². The van der Waals surface area contributed by atoms with Crippen molar-refractivity contribution >= 4 is 52.9 Å². The summed E-state index contributed by atoms with van der Waals surface area (Å²) >= 11 is 0. The maximum atomic E-state index is 14.2. The maximum Gasteiger partial charge on any atom is 0.407 e. The number of rotatable bonds is 15. The highest BCUT2D eigenvalue weighted by atomic mass is 19.1. The molecule has 6 rings (SSSR count). The molecule has 4 N–H and O–H groups in total. The number of alkyl carbamates (subject to hydrolysis) is 2. The molecule has 18 heteroatoms. The van der Waals surface area contributed by atoms with Crippen LogP contribution in [0, 0.1) is 5.82 Å². The Kier molecular flexibility index (Phi) is 15.8. The van der Waals surface area contributed by atoms with E-state index in [2.05, 4.69) is 26.2 Å². The third-order valence-electron chi connectivity index (χ3n) is 12.4. The van der Waals surface area contributed by atoms with Crippen LogP contribution < -0.4 is 26.2 Å². The minimum Gasteiger partial charge on any atom is -0.453 e.